The molecule has 0 aliphatic heterocycles. The molecule has 2 rings (SSSR count). The number of carbonyl (C=O) groups is 1. The van der Waals surface area contributed by atoms with Crippen LogP contribution in [0.15, 0.2) is 42.5 Å². The van der Waals surface area contributed by atoms with Crippen LogP contribution in [0.25, 0.3) is 0 Å². The van der Waals surface area contributed by atoms with Gasteiger partial charge in [0.1, 0.15) is 11.9 Å². The van der Waals surface area contributed by atoms with Gasteiger partial charge in [-0.05, 0) is 37.3 Å². The molecule has 20 heavy (non-hydrogen) atoms. The first kappa shape index (κ1) is 13.8. The molecule has 0 aromatic heterocycles. The second kappa shape index (κ2) is 5.54. The number of nitrogens with zero attached hydrogens (tertiary/aromatic N) is 2. The van der Waals surface area contributed by atoms with Crippen LogP contribution in [0, 0.1) is 17.1 Å². The minimum atomic E-state index is -0.493. The van der Waals surface area contributed by atoms with Gasteiger partial charge in [0.05, 0.1) is 16.9 Å². The van der Waals surface area contributed by atoms with Crippen molar-refractivity contribution in [1.29, 1.82) is 5.26 Å². The van der Waals surface area contributed by atoms with E-state index in [0.717, 1.165) is 0 Å². The number of nitriles is 1. The van der Waals surface area contributed by atoms with Crippen LogP contribution in [-0.4, -0.2) is 12.8 Å². The molecule has 0 saturated heterocycles. The Kier molecular flexibility index (Phi) is 3.81. The maximum atomic E-state index is 14.1. The number of hydrogen-bond acceptors (Lipinski definition) is 3. The first-order valence-electron chi connectivity index (χ1n) is 6.08. The van der Waals surface area contributed by atoms with E-state index in [1.54, 1.807) is 48.3 Å². The third-order valence-corrected chi connectivity index (χ3v) is 3.10. The van der Waals surface area contributed by atoms with E-state index in [2.05, 4.69) is 6.07 Å². The predicted octanol–water partition coefficient (Wildman–Crippen LogP) is 3.67. The highest BCUT2D eigenvalue weighted by Crippen LogP contribution is 2.29. The van der Waals surface area contributed by atoms with Crippen molar-refractivity contribution < 1.29 is 9.18 Å². The Morgan fingerprint density at radius 1 is 1.20 bits per heavy atom. The van der Waals surface area contributed by atoms with E-state index in [-0.39, 0.29) is 5.78 Å². The van der Waals surface area contributed by atoms with Crippen LogP contribution in [0.5, 0.6) is 0 Å². The van der Waals surface area contributed by atoms with Gasteiger partial charge in [-0.25, -0.2) is 4.39 Å². The zero-order valence-electron chi connectivity index (χ0n) is 11.2. The summed E-state index contributed by atoms with van der Waals surface area (Å²) in [6, 6.07) is 13.4. The molecule has 100 valence electrons. The van der Waals surface area contributed by atoms with Crippen molar-refractivity contribution in [3.05, 3.63) is 59.4 Å². The molecule has 2 aromatic rings. The highest BCUT2D eigenvalue weighted by Gasteiger charge is 2.14. The van der Waals surface area contributed by atoms with Gasteiger partial charge in [0.15, 0.2) is 5.78 Å². The largest absolute Gasteiger partial charge is 0.341 e. The maximum absolute atomic E-state index is 14.1. The Morgan fingerprint density at radius 3 is 2.50 bits per heavy atom. The predicted molar refractivity (Wildman–Crippen MR) is 75.6 cm³/mol. The fourth-order valence-corrected chi connectivity index (χ4v) is 1.99. The molecular formula is C16H13FN2O. The number of benzene rings is 2. The van der Waals surface area contributed by atoms with Crippen LogP contribution >= 0.6 is 0 Å². The van der Waals surface area contributed by atoms with Crippen LogP contribution in [0.2, 0.25) is 0 Å². The van der Waals surface area contributed by atoms with E-state index in [4.69, 9.17) is 5.26 Å². The summed E-state index contributed by atoms with van der Waals surface area (Å²) in [6.07, 6.45) is 0. The summed E-state index contributed by atoms with van der Waals surface area (Å²) in [7, 11) is 1.68. The van der Waals surface area contributed by atoms with Crippen LogP contribution in [-0.2, 0) is 0 Å². The molecule has 0 unspecified atom stereocenters. The zero-order chi connectivity index (χ0) is 14.7. The fourth-order valence-electron chi connectivity index (χ4n) is 1.99. The van der Waals surface area contributed by atoms with Crippen LogP contribution in [0.3, 0.4) is 0 Å². The number of para-hydroxylation sites is 1. The molecule has 3 nitrogen and oxygen atoms in total. The van der Waals surface area contributed by atoms with Gasteiger partial charge in [-0.1, -0.05) is 12.1 Å². The van der Waals surface area contributed by atoms with Gasteiger partial charge in [-0.2, -0.15) is 5.26 Å². The minimum absolute atomic E-state index is 0.185. The second-order valence-corrected chi connectivity index (χ2v) is 4.41. The molecule has 4 heteroatoms. The third kappa shape index (κ3) is 2.52. The average molecular weight is 268 g/mol. The molecule has 0 amide bonds. The molecule has 2 aromatic carbocycles. The number of anilines is 2. The lowest BCUT2D eigenvalue weighted by Gasteiger charge is -2.21. The van der Waals surface area contributed by atoms with E-state index in [9.17, 15) is 9.18 Å². The molecule has 0 N–H and O–H groups in total. The first-order valence-corrected chi connectivity index (χ1v) is 6.08. The Bertz CT molecular complexity index is 704. The monoisotopic (exact) mass is 268 g/mol. The first-order chi connectivity index (χ1) is 9.54. The van der Waals surface area contributed by atoms with Gasteiger partial charge in [0.2, 0.25) is 0 Å². The highest BCUT2D eigenvalue weighted by atomic mass is 19.1. The van der Waals surface area contributed by atoms with Crippen molar-refractivity contribution >= 4 is 17.2 Å². The van der Waals surface area contributed by atoms with Gasteiger partial charge in [-0.3, -0.25) is 4.79 Å². The van der Waals surface area contributed by atoms with Gasteiger partial charge >= 0.3 is 0 Å². The molecule has 0 radical (unpaired) electrons. The minimum Gasteiger partial charge on any atom is -0.341 e. The lowest BCUT2D eigenvalue weighted by molar-refractivity contribution is 0.101. The SMILES string of the molecule is CC(=O)c1ccc(N(C)c2ccccc2C#N)c(F)c1. The smallest absolute Gasteiger partial charge is 0.159 e. The van der Waals surface area contributed by atoms with Gasteiger partial charge in [-0.15, -0.1) is 0 Å². The average Bonchev–Trinajstić information content (AvgIpc) is 2.46. The quantitative estimate of drug-likeness (QED) is 0.798. The number of carbonyl (C=O) groups excluding carboxylic acids is 1. The number of rotatable bonds is 3. The molecule has 0 saturated carbocycles. The van der Waals surface area contributed by atoms with Gasteiger partial charge in [0, 0.05) is 12.6 Å². The molecule has 0 aliphatic rings. The Hall–Kier alpha value is -2.67. The fraction of sp³-hybridized carbons (Fsp3) is 0.125. The summed E-state index contributed by atoms with van der Waals surface area (Å²) in [5.74, 6) is -0.677. The van der Waals surface area contributed by atoms with Crippen LogP contribution < -0.4 is 4.90 Å². The lowest BCUT2D eigenvalue weighted by Crippen LogP contribution is -2.13. The topological polar surface area (TPSA) is 44.1 Å². The summed E-state index contributed by atoms with van der Waals surface area (Å²) >= 11 is 0. The van der Waals surface area contributed by atoms with E-state index in [0.29, 0.717) is 22.5 Å². The second-order valence-electron chi connectivity index (χ2n) is 4.41. The molecule has 0 atom stereocenters. The molecule has 0 spiro atoms. The summed E-state index contributed by atoms with van der Waals surface area (Å²) in [5, 5.41) is 9.09. The van der Waals surface area contributed by atoms with E-state index < -0.39 is 5.82 Å². The number of halogens is 1. The van der Waals surface area contributed by atoms with E-state index >= 15 is 0 Å². The number of hydrogen-bond donors (Lipinski definition) is 0. The Balaban J connectivity index is 2.46. The normalized spacial score (nSPS) is 9.90. The third-order valence-electron chi connectivity index (χ3n) is 3.10. The standard InChI is InChI=1S/C16H13FN2O/c1-11(20)12-7-8-16(14(17)9-12)19(2)15-6-4-3-5-13(15)10-18/h3-9H,1-2H3. The van der Waals surface area contributed by atoms with E-state index in [1.807, 2.05) is 0 Å². The zero-order valence-corrected chi connectivity index (χ0v) is 11.2. The van der Waals surface area contributed by atoms with Crippen molar-refractivity contribution in [3.8, 4) is 6.07 Å². The van der Waals surface area contributed by atoms with Crippen LogP contribution in [0.1, 0.15) is 22.8 Å². The summed E-state index contributed by atoms with van der Waals surface area (Å²) < 4.78 is 14.1. The van der Waals surface area contributed by atoms with Crippen molar-refractivity contribution in [2.24, 2.45) is 0 Å². The summed E-state index contributed by atoms with van der Waals surface area (Å²) in [5.41, 5.74) is 1.72. The Morgan fingerprint density at radius 2 is 1.90 bits per heavy atom. The van der Waals surface area contributed by atoms with Gasteiger partial charge in [0.25, 0.3) is 0 Å². The maximum Gasteiger partial charge on any atom is 0.159 e. The Labute approximate surface area is 116 Å². The molecule has 0 fully saturated rings. The van der Waals surface area contributed by atoms with E-state index in [1.165, 1.54) is 13.0 Å². The number of ketones is 1. The van der Waals surface area contributed by atoms with Crippen molar-refractivity contribution in [2.45, 2.75) is 6.92 Å². The molecule has 0 bridgehead atoms. The molecular weight excluding hydrogens is 255 g/mol. The van der Waals surface area contributed by atoms with Crippen LogP contribution in [0.4, 0.5) is 15.8 Å². The van der Waals surface area contributed by atoms with Crippen molar-refractivity contribution in [3.63, 3.8) is 0 Å². The lowest BCUT2D eigenvalue weighted by atomic mass is 10.1. The number of Topliss-reactive ketones (excluding diaryl/α,β-unsaturated/α-hetero) is 1. The highest BCUT2D eigenvalue weighted by molar-refractivity contribution is 5.94. The molecule has 0 heterocycles. The van der Waals surface area contributed by atoms with Crippen molar-refractivity contribution in [1.82, 2.24) is 0 Å². The molecule has 0 aliphatic carbocycles. The van der Waals surface area contributed by atoms with Gasteiger partial charge < -0.3 is 4.90 Å². The summed E-state index contributed by atoms with van der Waals surface area (Å²) in [4.78, 5) is 12.8. The summed E-state index contributed by atoms with van der Waals surface area (Å²) in [6.45, 7) is 1.39. The van der Waals surface area contributed by atoms with Crippen molar-refractivity contribution in [2.75, 3.05) is 11.9 Å².